The molecule has 0 aliphatic heterocycles. The van der Waals surface area contributed by atoms with Gasteiger partial charge < -0.3 is 15.8 Å². The number of rotatable bonds is 5. The fourth-order valence-electron chi connectivity index (χ4n) is 1.57. The Balaban J connectivity index is 1.76. The molecular formula is C14H17N3O. The van der Waals surface area contributed by atoms with E-state index in [4.69, 9.17) is 10.5 Å². The average molecular weight is 243 g/mol. The van der Waals surface area contributed by atoms with Crippen molar-refractivity contribution in [2.45, 2.75) is 6.92 Å². The first-order valence-corrected chi connectivity index (χ1v) is 5.89. The van der Waals surface area contributed by atoms with Crippen LogP contribution >= 0.6 is 0 Å². The van der Waals surface area contributed by atoms with Crippen molar-refractivity contribution < 1.29 is 4.74 Å². The van der Waals surface area contributed by atoms with E-state index in [1.54, 1.807) is 6.20 Å². The predicted octanol–water partition coefficient (Wildman–Crippen LogP) is 2.46. The topological polar surface area (TPSA) is 60.2 Å². The zero-order valence-corrected chi connectivity index (χ0v) is 10.4. The number of nitrogens with zero attached hydrogens (tertiary/aromatic N) is 1. The second kappa shape index (κ2) is 5.91. The zero-order chi connectivity index (χ0) is 12.8. The summed E-state index contributed by atoms with van der Waals surface area (Å²) in [5, 5.41) is 3.23. The van der Waals surface area contributed by atoms with Gasteiger partial charge in [0.25, 0.3) is 0 Å². The smallest absolute Gasteiger partial charge is 0.128 e. The van der Waals surface area contributed by atoms with E-state index in [1.807, 2.05) is 43.3 Å². The van der Waals surface area contributed by atoms with Gasteiger partial charge >= 0.3 is 0 Å². The maximum atomic E-state index is 5.60. The van der Waals surface area contributed by atoms with Crippen LogP contribution in [0.5, 0.6) is 5.75 Å². The third-order valence-electron chi connectivity index (χ3n) is 2.55. The first-order chi connectivity index (χ1) is 8.75. The van der Waals surface area contributed by atoms with E-state index in [-0.39, 0.29) is 0 Å². The molecular weight excluding hydrogens is 226 g/mol. The van der Waals surface area contributed by atoms with E-state index in [9.17, 15) is 0 Å². The normalized spacial score (nSPS) is 10.1. The second-order valence-corrected chi connectivity index (χ2v) is 4.01. The van der Waals surface area contributed by atoms with Gasteiger partial charge in [0, 0.05) is 11.9 Å². The Hall–Kier alpha value is -2.23. The molecule has 94 valence electrons. The van der Waals surface area contributed by atoms with E-state index < -0.39 is 0 Å². The fourth-order valence-corrected chi connectivity index (χ4v) is 1.57. The quantitative estimate of drug-likeness (QED) is 0.625. The lowest BCUT2D eigenvalue weighted by Crippen LogP contribution is -2.13. The molecule has 1 aromatic carbocycles. The molecule has 4 nitrogen and oxygen atoms in total. The van der Waals surface area contributed by atoms with Crippen molar-refractivity contribution in [1.29, 1.82) is 0 Å². The van der Waals surface area contributed by atoms with Gasteiger partial charge in [0.1, 0.15) is 18.2 Å². The molecule has 0 bridgehead atoms. The number of nitrogen functional groups attached to an aromatic ring is 1. The van der Waals surface area contributed by atoms with Crippen molar-refractivity contribution >= 4 is 11.5 Å². The Labute approximate surface area is 107 Å². The summed E-state index contributed by atoms with van der Waals surface area (Å²) in [6.45, 7) is 3.32. The summed E-state index contributed by atoms with van der Waals surface area (Å²) in [6.07, 6.45) is 1.77. The van der Waals surface area contributed by atoms with E-state index >= 15 is 0 Å². The molecule has 18 heavy (non-hydrogen) atoms. The van der Waals surface area contributed by atoms with Crippen LogP contribution in [0.2, 0.25) is 0 Å². The molecule has 1 aromatic heterocycles. The number of hydrogen-bond donors (Lipinski definition) is 2. The van der Waals surface area contributed by atoms with Crippen LogP contribution in [0.25, 0.3) is 0 Å². The molecule has 0 aliphatic carbocycles. The monoisotopic (exact) mass is 243 g/mol. The highest BCUT2D eigenvalue weighted by Crippen LogP contribution is 2.13. The molecule has 0 saturated carbocycles. The van der Waals surface area contributed by atoms with Crippen LogP contribution in [-0.4, -0.2) is 18.1 Å². The maximum absolute atomic E-state index is 5.60. The average Bonchev–Trinajstić information content (AvgIpc) is 2.39. The number of pyridine rings is 1. The minimum atomic E-state index is 0.583. The fraction of sp³-hybridized carbons (Fsp3) is 0.214. The van der Waals surface area contributed by atoms with Gasteiger partial charge in [-0.25, -0.2) is 4.98 Å². The Morgan fingerprint density at radius 3 is 2.72 bits per heavy atom. The Bertz CT molecular complexity index is 497. The van der Waals surface area contributed by atoms with Crippen LogP contribution in [0.3, 0.4) is 0 Å². The van der Waals surface area contributed by atoms with Crippen LogP contribution in [0.15, 0.2) is 42.6 Å². The summed E-state index contributed by atoms with van der Waals surface area (Å²) < 4.78 is 5.58. The van der Waals surface area contributed by atoms with Crippen LogP contribution in [0, 0.1) is 6.92 Å². The van der Waals surface area contributed by atoms with Crippen molar-refractivity contribution in [3.05, 3.63) is 48.2 Å². The largest absolute Gasteiger partial charge is 0.492 e. The number of anilines is 2. The Morgan fingerprint density at radius 2 is 2.00 bits per heavy atom. The molecule has 0 amide bonds. The first kappa shape index (κ1) is 12.2. The number of nitrogens with two attached hydrogens (primary N) is 1. The number of hydrogen-bond acceptors (Lipinski definition) is 4. The Morgan fingerprint density at radius 1 is 1.22 bits per heavy atom. The number of ether oxygens (including phenoxy) is 1. The molecule has 0 spiro atoms. The Kier molecular flexibility index (Phi) is 4.02. The highest BCUT2D eigenvalue weighted by molar-refractivity contribution is 5.43. The van der Waals surface area contributed by atoms with Crippen molar-refractivity contribution in [2.75, 3.05) is 24.2 Å². The number of aryl methyl sites for hydroxylation is 1. The lowest BCUT2D eigenvalue weighted by Gasteiger charge is -2.09. The van der Waals surface area contributed by atoms with Crippen molar-refractivity contribution in [1.82, 2.24) is 4.98 Å². The van der Waals surface area contributed by atoms with Gasteiger partial charge in [-0.15, -0.1) is 0 Å². The summed E-state index contributed by atoms with van der Waals surface area (Å²) in [5.74, 6) is 1.72. The summed E-state index contributed by atoms with van der Waals surface area (Å²) in [6, 6.07) is 11.3. The van der Waals surface area contributed by atoms with Gasteiger partial charge in [-0.05, 0) is 42.8 Å². The summed E-state index contributed by atoms with van der Waals surface area (Å²) >= 11 is 0. The summed E-state index contributed by atoms with van der Waals surface area (Å²) in [7, 11) is 0. The lowest BCUT2D eigenvalue weighted by molar-refractivity contribution is 0.333. The van der Waals surface area contributed by atoms with Gasteiger partial charge in [-0.3, -0.25) is 0 Å². The van der Waals surface area contributed by atoms with Crippen LogP contribution < -0.4 is 15.8 Å². The third-order valence-corrected chi connectivity index (χ3v) is 2.55. The van der Waals surface area contributed by atoms with Gasteiger partial charge in [-0.2, -0.15) is 0 Å². The van der Waals surface area contributed by atoms with E-state index in [0.717, 1.165) is 22.8 Å². The predicted molar refractivity (Wildman–Crippen MR) is 73.8 cm³/mol. The second-order valence-electron chi connectivity index (χ2n) is 4.01. The van der Waals surface area contributed by atoms with Crippen LogP contribution in [0.4, 0.5) is 11.5 Å². The highest BCUT2D eigenvalue weighted by atomic mass is 16.5. The van der Waals surface area contributed by atoms with Gasteiger partial charge in [0.2, 0.25) is 0 Å². The number of aromatic nitrogens is 1. The summed E-state index contributed by atoms with van der Waals surface area (Å²) in [5.41, 5.74) is 7.47. The molecule has 1 heterocycles. The van der Waals surface area contributed by atoms with Crippen LogP contribution in [-0.2, 0) is 0 Å². The SMILES string of the molecule is Cc1cccnc1NCCOc1ccc(N)cc1. The van der Waals surface area contributed by atoms with Crippen molar-refractivity contribution in [3.63, 3.8) is 0 Å². The zero-order valence-electron chi connectivity index (χ0n) is 10.4. The third kappa shape index (κ3) is 3.38. The standard InChI is InChI=1S/C14H17N3O/c1-11-3-2-8-16-14(11)17-9-10-18-13-6-4-12(15)5-7-13/h2-8H,9-10,15H2,1H3,(H,16,17). The maximum Gasteiger partial charge on any atom is 0.128 e. The van der Waals surface area contributed by atoms with Gasteiger partial charge in [0.05, 0.1) is 6.54 Å². The van der Waals surface area contributed by atoms with Gasteiger partial charge in [0.15, 0.2) is 0 Å². The first-order valence-electron chi connectivity index (χ1n) is 5.89. The van der Waals surface area contributed by atoms with Crippen LogP contribution in [0.1, 0.15) is 5.56 Å². The molecule has 0 radical (unpaired) electrons. The molecule has 0 fully saturated rings. The molecule has 2 rings (SSSR count). The lowest BCUT2D eigenvalue weighted by atomic mass is 10.3. The van der Waals surface area contributed by atoms with E-state index in [2.05, 4.69) is 10.3 Å². The molecule has 0 saturated heterocycles. The minimum absolute atomic E-state index is 0.583. The number of benzene rings is 1. The van der Waals surface area contributed by atoms with E-state index in [1.165, 1.54) is 0 Å². The molecule has 0 atom stereocenters. The summed E-state index contributed by atoms with van der Waals surface area (Å²) in [4.78, 5) is 4.25. The molecule has 3 N–H and O–H groups in total. The van der Waals surface area contributed by atoms with Crippen molar-refractivity contribution in [2.24, 2.45) is 0 Å². The number of nitrogens with one attached hydrogen (secondary N) is 1. The minimum Gasteiger partial charge on any atom is -0.492 e. The van der Waals surface area contributed by atoms with E-state index in [0.29, 0.717) is 13.2 Å². The highest BCUT2D eigenvalue weighted by Gasteiger charge is 1.97. The molecule has 2 aromatic rings. The molecule has 4 heteroatoms. The van der Waals surface area contributed by atoms with Crippen molar-refractivity contribution in [3.8, 4) is 5.75 Å². The molecule has 0 aliphatic rings. The van der Waals surface area contributed by atoms with Gasteiger partial charge in [-0.1, -0.05) is 6.07 Å². The molecule has 0 unspecified atom stereocenters.